The molecule has 0 bridgehead atoms. The van der Waals surface area contributed by atoms with Crippen molar-refractivity contribution >= 4 is 17.7 Å². The van der Waals surface area contributed by atoms with Crippen LogP contribution >= 0.6 is 0 Å². The summed E-state index contributed by atoms with van der Waals surface area (Å²) >= 11 is 0. The molecule has 3 heterocycles. The number of phenolic OH excluding ortho intramolecular Hbond substituents is 1. The number of esters is 2. The smallest absolute Gasteiger partial charge is 0.309 e. The van der Waals surface area contributed by atoms with Crippen LogP contribution < -0.4 is 9.47 Å². The van der Waals surface area contributed by atoms with Crippen LogP contribution in [0.15, 0.2) is 72.8 Å². The van der Waals surface area contributed by atoms with E-state index in [1.807, 2.05) is 60.7 Å². The number of carbonyl (C=O) groups excluding carboxylic acids is 3. The summed E-state index contributed by atoms with van der Waals surface area (Å²) in [4.78, 5) is 36.8. The van der Waals surface area contributed by atoms with E-state index in [1.54, 1.807) is 6.07 Å². The molecule has 39 heavy (non-hydrogen) atoms. The molecule has 6 rings (SSSR count). The van der Waals surface area contributed by atoms with Crippen molar-refractivity contribution in [2.75, 3.05) is 0 Å². The zero-order chi connectivity index (χ0) is 27.1. The lowest BCUT2D eigenvalue weighted by Crippen LogP contribution is -2.40. The second-order valence-electron chi connectivity index (χ2n) is 9.78. The van der Waals surface area contributed by atoms with Crippen LogP contribution in [0.5, 0.6) is 17.2 Å². The Hall–Kier alpha value is -4.37. The Kier molecular flexibility index (Phi) is 6.44. The molecule has 6 atom stereocenters. The highest BCUT2D eigenvalue weighted by Gasteiger charge is 2.56. The molecule has 200 valence electrons. The van der Waals surface area contributed by atoms with Crippen LogP contribution in [0.3, 0.4) is 0 Å². The van der Waals surface area contributed by atoms with Gasteiger partial charge in [0.25, 0.3) is 0 Å². The van der Waals surface area contributed by atoms with Crippen molar-refractivity contribution in [2.45, 2.75) is 56.4 Å². The predicted molar refractivity (Wildman–Crippen MR) is 135 cm³/mol. The van der Waals surface area contributed by atoms with Gasteiger partial charge in [-0.15, -0.1) is 0 Å². The van der Waals surface area contributed by atoms with E-state index < -0.39 is 48.6 Å². The third-order valence-electron chi connectivity index (χ3n) is 7.12. The van der Waals surface area contributed by atoms with Gasteiger partial charge in [-0.3, -0.25) is 14.4 Å². The first-order valence-electron chi connectivity index (χ1n) is 12.7. The third kappa shape index (κ3) is 4.81. The fraction of sp³-hybridized carbons (Fsp3) is 0.300. The van der Waals surface area contributed by atoms with E-state index in [1.165, 1.54) is 13.0 Å². The highest BCUT2D eigenvalue weighted by atomic mass is 16.7. The topological polar surface area (TPSA) is 118 Å². The molecule has 0 radical (unpaired) electrons. The zero-order valence-corrected chi connectivity index (χ0v) is 21.0. The van der Waals surface area contributed by atoms with E-state index in [-0.39, 0.29) is 41.4 Å². The highest BCUT2D eigenvalue weighted by Crippen LogP contribution is 2.45. The minimum absolute atomic E-state index is 0.0386. The van der Waals surface area contributed by atoms with Gasteiger partial charge in [-0.05, 0) is 11.1 Å². The van der Waals surface area contributed by atoms with Gasteiger partial charge in [0, 0.05) is 19.1 Å². The summed E-state index contributed by atoms with van der Waals surface area (Å²) in [6, 6.07) is 21.5. The maximum Gasteiger partial charge on any atom is 0.309 e. The molecule has 9 heteroatoms. The van der Waals surface area contributed by atoms with E-state index in [9.17, 15) is 19.5 Å². The number of rotatable bonds is 6. The van der Waals surface area contributed by atoms with E-state index >= 15 is 0 Å². The van der Waals surface area contributed by atoms with Crippen LogP contribution in [0.4, 0.5) is 0 Å². The van der Waals surface area contributed by atoms with E-state index in [0.717, 1.165) is 5.56 Å². The quantitative estimate of drug-likeness (QED) is 0.467. The Morgan fingerprint density at radius 3 is 2.41 bits per heavy atom. The average molecular weight is 531 g/mol. The molecule has 2 fully saturated rings. The number of ether oxygens (including phenoxy) is 5. The van der Waals surface area contributed by atoms with Gasteiger partial charge in [0.2, 0.25) is 0 Å². The average Bonchev–Trinajstić information content (AvgIpc) is 3.44. The number of ketones is 1. The van der Waals surface area contributed by atoms with Crippen molar-refractivity contribution in [1.29, 1.82) is 0 Å². The molecule has 2 saturated heterocycles. The molecule has 0 amide bonds. The fourth-order valence-corrected chi connectivity index (χ4v) is 5.45. The standard InChI is InChI=1S/C30H26O9/c1-16(31)35-30-28-24(15-25(34)39-28)38-29(30)27(18-10-6-3-7-11-18)36-19-12-20(32)26-21(33)14-22(37-23(26)13-19)17-8-4-2-5-9-17/h2-13,22,24,27-30,32H,14-15H2,1H3/t22-,24+,27-,28+,29+,30-/m0/s1. The highest BCUT2D eigenvalue weighted by molar-refractivity contribution is 6.02. The first-order valence-corrected chi connectivity index (χ1v) is 12.7. The SMILES string of the molecule is CC(=O)O[C@H]1[C@@H]2OC(=O)C[C@H]2O[C@@H]1[C@@H](Oc1cc(O)c2c(c1)O[C@H](c1ccccc1)CC2=O)c1ccccc1. The van der Waals surface area contributed by atoms with Crippen molar-refractivity contribution in [3.8, 4) is 17.2 Å². The number of aromatic hydroxyl groups is 1. The molecular formula is C30H26O9. The molecule has 3 aromatic carbocycles. The molecule has 0 saturated carbocycles. The Labute approximate surface area is 224 Å². The van der Waals surface area contributed by atoms with Gasteiger partial charge in [0.1, 0.15) is 41.1 Å². The van der Waals surface area contributed by atoms with E-state index in [0.29, 0.717) is 5.56 Å². The summed E-state index contributed by atoms with van der Waals surface area (Å²) in [6.07, 6.45) is -4.27. The van der Waals surface area contributed by atoms with Crippen LogP contribution in [-0.4, -0.2) is 47.2 Å². The fourth-order valence-electron chi connectivity index (χ4n) is 5.45. The molecule has 1 N–H and O–H groups in total. The minimum atomic E-state index is -0.907. The maximum absolute atomic E-state index is 12.9. The monoisotopic (exact) mass is 530 g/mol. The molecule has 3 aliphatic heterocycles. The molecule has 0 spiro atoms. The van der Waals surface area contributed by atoms with Crippen molar-refractivity contribution in [3.05, 3.63) is 89.5 Å². The second-order valence-corrected chi connectivity index (χ2v) is 9.78. The number of phenols is 1. The van der Waals surface area contributed by atoms with Gasteiger partial charge in [-0.1, -0.05) is 60.7 Å². The van der Waals surface area contributed by atoms with Gasteiger partial charge >= 0.3 is 11.9 Å². The maximum atomic E-state index is 12.9. The van der Waals surface area contributed by atoms with Crippen molar-refractivity contribution in [3.63, 3.8) is 0 Å². The Morgan fingerprint density at radius 2 is 1.69 bits per heavy atom. The minimum Gasteiger partial charge on any atom is -0.507 e. The van der Waals surface area contributed by atoms with Gasteiger partial charge in [-0.25, -0.2) is 0 Å². The summed E-state index contributed by atoms with van der Waals surface area (Å²) in [7, 11) is 0. The number of benzene rings is 3. The molecule has 0 unspecified atom stereocenters. The number of carbonyl (C=O) groups is 3. The lowest BCUT2D eigenvalue weighted by atomic mass is 9.95. The Morgan fingerprint density at radius 1 is 0.974 bits per heavy atom. The van der Waals surface area contributed by atoms with Gasteiger partial charge in [0.15, 0.2) is 24.1 Å². The molecule has 0 aromatic heterocycles. The number of hydrogen-bond donors (Lipinski definition) is 1. The van der Waals surface area contributed by atoms with Crippen LogP contribution in [-0.2, 0) is 23.8 Å². The number of fused-ring (bicyclic) bond motifs is 2. The summed E-state index contributed by atoms with van der Waals surface area (Å²) in [5.74, 6) is -1.04. The zero-order valence-electron chi connectivity index (χ0n) is 21.0. The molecule has 3 aliphatic rings. The van der Waals surface area contributed by atoms with Crippen LogP contribution in [0.2, 0.25) is 0 Å². The Balaban J connectivity index is 1.35. The lowest BCUT2D eigenvalue weighted by Gasteiger charge is -2.30. The summed E-state index contributed by atoms with van der Waals surface area (Å²) < 4.78 is 29.8. The number of hydrogen-bond acceptors (Lipinski definition) is 9. The Bertz CT molecular complexity index is 1400. The first kappa shape index (κ1) is 24.9. The van der Waals surface area contributed by atoms with E-state index in [4.69, 9.17) is 23.7 Å². The first-order chi connectivity index (χ1) is 18.9. The summed E-state index contributed by atoms with van der Waals surface area (Å²) in [5.41, 5.74) is 1.65. The van der Waals surface area contributed by atoms with Crippen molar-refractivity contribution in [1.82, 2.24) is 0 Å². The summed E-state index contributed by atoms with van der Waals surface area (Å²) in [5, 5.41) is 10.8. The lowest BCUT2D eigenvalue weighted by molar-refractivity contribution is -0.164. The van der Waals surface area contributed by atoms with Crippen LogP contribution in [0.1, 0.15) is 53.5 Å². The largest absolute Gasteiger partial charge is 0.507 e. The molecule has 3 aromatic rings. The van der Waals surface area contributed by atoms with Crippen molar-refractivity contribution < 1.29 is 43.2 Å². The van der Waals surface area contributed by atoms with Gasteiger partial charge < -0.3 is 28.8 Å². The van der Waals surface area contributed by atoms with Gasteiger partial charge in [-0.2, -0.15) is 0 Å². The van der Waals surface area contributed by atoms with Crippen LogP contribution in [0, 0.1) is 0 Å². The van der Waals surface area contributed by atoms with Crippen molar-refractivity contribution in [2.24, 2.45) is 0 Å². The summed E-state index contributed by atoms with van der Waals surface area (Å²) in [6.45, 7) is 1.28. The number of Topliss-reactive ketones (excluding diaryl/α,β-unsaturated/α-hetero) is 1. The normalized spacial score (nSPS) is 26.1. The molecule has 0 aliphatic carbocycles. The molecular weight excluding hydrogens is 504 g/mol. The van der Waals surface area contributed by atoms with Gasteiger partial charge in [0.05, 0.1) is 12.8 Å². The molecule has 9 nitrogen and oxygen atoms in total. The van der Waals surface area contributed by atoms with Crippen LogP contribution in [0.25, 0.3) is 0 Å². The van der Waals surface area contributed by atoms with E-state index in [2.05, 4.69) is 0 Å². The third-order valence-corrected chi connectivity index (χ3v) is 7.12. The second kappa shape index (κ2) is 10.1. The predicted octanol–water partition coefficient (Wildman–Crippen LogP) is 4.23.